The van der Waals surface area contributed by atoms with Gasteiger partial charge in [-0.3, -0.25) is 0 Å². The van der Waals surface area contributed by atoms with Crippen LogP contribution in [0.1, 0.15) is 138 Å². The molecule has 6 heterocycles. The summed E-state index contributed by atoms with van der Waals surface area (Å²) in [6, 6.07) is 50.6. The molecular formula is C102H90Br5Cl7F3N13O12S6. The lowest BCUT2D eigenvalue weighted by Crippen LogP contribution is -2.25. The summed E-state index contributed by atoms with van der Waals surface area (Å²) in [7, 11) is -19.6. The van der Waals surface area contributed by atoms with Crippen LogP contribution in [0.2, 0.25) is 35.2 Å². The van der Waals surface area contributed by atoms with E-state index in [1.165, 1.54) is 42.8 Å². The largest absolute Gasteiger partial charge is 0.342 e. The molecule has 18 aromatic rings. The zero-order valence-electron chi connectivity index (χ0n) is 79.3. The minimum atomic E-state index is -3.45. The summed E-state index contributed by atoms with van der Waals surface area (Å²) in [5.74, 6) is 2.86. The molecule has 0 aliphatic heterocycles. The molecule has 20 rings (SSSR count). The van der Waals surface area contributed by atoms with Crippen molar-refractivity contribution in [1.29, 1.82) is 0 Å². The van der Waals surface area contributed by atoms with Crippen LogP contribution in [0.25, 0.3) is 66.2 Å². The smallest absolute Gasteiger partial charge is 0.240 e. The van der Waals surface area contributed by atoms with Crippen LogP contribution in [-0.4, -0.2) is 145 Å². The summed E-state index contributed by atoms with van der Waals surface area (Å²) in [6.45, 7) is 12.5. The van der Waals surface area contributed by atoms with Crippen molar-refractivity contribution in [2.24, 2.45) is 5.92 Å². The maximum absolute atomic E-state index is 14.3. The number of sulfone groups is 5. The molecule has 148 heavy (non-hydrogen) atoms. The van der Waals surface area contributed by atoms with E-state index in [0.29, 0.717) is 141 Å². The Labute approximate surface area is 929 Å². The summed E-state index contributed by atoms with van der Waals surface area (Å²) in [6.07, 6.45) is 6.71. The summed E-state index contributed by atoms with van der Waals surface area (Å²) in [4.78, 5) is 47.4. The van der Waals surface area contributed by atoms with Gasteiger partial charge in [-0.1, -0.05) is 192 Å². The fraction of sp³-hybridized carbons (Fsp3) is 0.235. The second-order valence-corrected chi connectivity index (χ2v) is 54.6. The molecule has 0 spiro atoms. The lowest BCUT2D eigenvalue weighted by Gasteiger charge is -2.06. The van der Waals surface area contributed by atoms with Crippen molar-refractivity contribution in [3.05, 3.63) is 342 Å². The number of nitrogens with one attached hydrogen (secondary N) is 7. The van der Waals surface area contributed by atoms with E-state index in [2.05, 4.69) is 159 Å². The normalized spacial score (nSPS) is 13.0. The molecule has 0 atom stereocenters. The molecule has 0 amide bonds. The third-order valence-corrected chi connectivity index (χ3v) is 42.8. The number of aromatic nitrogens is 12. The Kier molecular flexibility index (Phi) is 36.1. The van der Waals surface area contributed by atoms with Gasteiger partial charge in [0.2, 0.25) is 10.0 Å². The second kappa shape index (κ2) is 47.1. The molecule has 776 valence electrons. The number of rotatable bonds is 26. The van der Waals surface area contributed by atoms with E-state index in [4.69, 9.17) is 86.2 Å². The van der Waals surface area contributed by atoms with Crippen LogP contribution < -0.4 is 4.72 Å². The fourth-order valence-electron chi connectivity index (χ4n) is 15.5. The van der Waals surface area contributed by atoms with Gasteiger partial charge in [-0.2, -0.15) is 0 Å². The number of halogens is 15. The minimum Gasteiger partial charge on any atom is -0.342 e. The third kappa shape index (κ3) is 27.2. The van der Waals surface area contributed by atoms with Gasteiger partial charge in [0.05, 0.1) is 150 Å². The van der Waals surface area contributed by atoms with E-state index in [1.807, 2.05) is 43.3 Å². The van der Waals surface area contributed by atoms with E-state index >= 15 is 0 Å². The van der Waals surface area contributed by atoms with E-state index in [9.17, 15) is 63.7 Å². The lowest BCUT2D eigenvalue weighted by molar-refractivity contribution is 0.578. The Morgan fingerprint density at radius 2 is 0.635 bits per heavy atom. The molecule has 6 aromatic heterocycles. The first-order valence-corrected chi connectivity index (χ1v) is 62.0. The zero-order chi connectivity index (χ0) is 107. The van der Waals surface area contributed by atoms with Gasteiger partial charge in [-0.15, -0.1) is 0 Å². The maximum atomic E-state index is 14.3. The molecule has 7 N–H and O–H groups in total. The van der Waals surface area contributed by atoms with Gasteiger partial charge in [0, 0.05) is 60.1 Å². The third-order valence-electron chi connectivity index (χ3n) is 24.2. The highest BCUT2D eigenvalue weighted by molar-refractivity contribution is 9.11. The number of hydrogen-bond donors (Lipinski definition) is 7. The van der Waals surface area contributed by atoms with Crippen LogP contribution in [-0.2, 0) is 97.7 Å². The number of hydrogen-bond acceptors (Lipinski definition) is 18. The van der Waals surface area contributed by atoms with Gasteiger partial charge >= 0.3 is 0 Å². The molecule has 0 saturated heterocycles. The average Bonchev–Trinajstić information content (AvgIpc) is 1.65. The predicted octanol–water partition coefficient (Wildman–Crippen LogP) is 27.4. The topological polar surface area (TPSA) is 389 Å². The number of benzene rings is 12. The molecule has 25 nitrogen and oxygen atoms in total. The van der Waals surface area contributed by atoms with Crippen LogP contribution in [0.4, 0.5) is 13.2 Å². The Bertz CT molecular complexity index is 8470. The van der Waals surface area contributed by atoms with E-state index in [1.54, 1.807) is 124 Å². The lowest BCUT2D eigenvalue weighted by atomic mass is 10.1. The molecule has 0 radical (unpaired) electrons. The number of sulfonamides is 1. The maximum Gasteiger partial charge on any atom is 0.240 e. The van der Waals surface area contributed by atoms with Crippen molar-refractivity contribution in [2.75, 3.05) is 28.8 Å². The highest BCUT2D eigenvalue weighted by Gasteiger charge is 2.31. The molecule has 0 bridgehead atoms. The predicted molar refractivity (Wildman–Crippen MR) is 599 cm³/mol. The first-order valence-electron chi connectivity index (χ1n) is 45.7. The zero-order valence-corrected chi connectivity index (χ0v) is 97.4. The number of aromatic amines is 6. The molecule has 0 unspecified atom stereocenters. The van der Waals surface area contributed by atoms with Crippen molar-refractivity contribution in [3.63, 3.8) is 0 Å². The van der Waals surface area contributed by atoms with Gasteiger partial charge in [-0.05, 0) is 275 Å². The standard InChI is InChI=1S/C19H19ClN2O2S.C18H19BrN2O2S.C17H14BrCl2N3O2S.C16H12BrCl2FN2O2S.C16H13BrCl2N2O2S.C16H13BrF2N2O2S/c1-12-8-17-18(10-16(12)20)22-19(21-17)9-13-4-6-15(7-5-13)25(23,24)11-14-2-3-14;1-4-24(22,23)14-7-5-13(6-8-14)10-16-20-15-9-11(2)17(19)12(3)18(15)21-16;18-15-12(19)8-13-17(16(15)20)22-14(21-13)7-9-1-5-11(6-2-9)26(24,25)23-10-3-4-10;1-2-25(23,24)9-4-3-8(11(20)6-9)5-13-21-12-7-10(18)14(17)15(19)16(12)22-13;2*1-2-24(22,23)10-5-3-9(4-6-10)7-13-20-12-8-11(18)14(17)15(19)16(12)21-13/h4-8,10,14H,2-3,9,11H2,1H3,(H,21,22);5-9H,4,10H2,1-3H3,(H,20,21);1-2,5-6,8,10,23H,3-4,7H2,(H,21,22);3-4,6-7H,2,5H2,1H3,(H,21,22);2*3-6,8H,2,7H2,1H3,(H,20,21). The number of H-pyrrole nitrogens is 6. The minimum absolute atomic E-state index is 0.0281. The first kappa shape index (κ1) is 113. The SMILES string of the molecule is CCS(=O)(=O)c1ccc(Cc2nc3c(C)c(Br)c(C)cc3[nH]2)cc1.CCS(=O)(=O)c1ccc(Cc2nc3c(Cl)c(Br)c(Cl)cc3[nH]2)c(F)c1.CCS(=O)(=O)c1ccc(Cc2nc3c(Cl)c(Br)c(Cl)cc3[nH]2)cc1.CCS(=O)(=O)c1ccc(Cc2nc3c(F)c(Br)c(F)cc3[nH]2)cc1.Cc1cc2[nH]c(Cc3ccc(S(=O)(=O)CC4CC4)cc3)nc2cc1Cl.O=S(=O)(NC1CC1)c1ccc(Cc2nc3c(Cl)c(Br)c(Cl)cc3[nH]2)cc1. The van der Waals surface area contributed by atoms with Crippen LogP contribution in [0.15, 0.2) is 234 Å². The second-order valence-electron chi connectivity index (χ2n) is 35.0. The molecule has 12 aromatic carbocycles. The van der Waals surface area contributed by atoms with Crippen molar-refractivity contribution < 1.29 is 63.7 Å². The summed E-state index contributed by atoms with van der Waals surface area (Å²) >= 11 is 59.6. The van der Waals surface area contributed by atoms with Gasteiger partial charge in [0.15, 0.2) is 55.0 Å². The van der Waals surface area contributed by atoms with Crippen LogP contribution in [0.5, 0.6) is 0 Å². The van der Waals surface area contributed by atoms with Crippen molar-refractivity contribution in [3.8, 4) is 0 Å². The Balaban J connectivity index is 0.000000133. The molecular weight excluding hydrogens is 2500 g/mol. The monoisotopic (exact) mass is 2580 g/mol. The highest BCUT2D eigenvalue weighted by Crippen LogP contribution is 2.42. The van der Waals surface area contributed by atoms with Gasteiger partial charge in [0.1, 0.15) is 68.6 Å². The highest BCUT2D eigenvalue weighted by atomic mass is 79.9. The van der Waals surface area contributed by atoms with E-state index in [-0.39, 0.29) is 71.4 Å². The van der Waals surface area contributed by atoms with E-state index < -0.39 is 76.7 Å². The summed E-state index contributed by atoms with van der Waals surface area (Å²) in [5, 5.41) is 3.46. The first-order chi connectivity index (χ1) is 69.9. The fourth-order valence-corrected chi connectivity index (χ4v) is 25.2. The molecule has 2 aliphatic carbocycles. The van der Waals surface area contributed by atoms with Crippen LogP contribution >= 0.6 is 161 Å². The number of imidazole rings is 6. The molecule has 2 aliphatic rings. The Morgan fingerprint density at radius 1 is 0.318 bits per heavy atom. The van der Waals surface area contributed by atoms with Gasteiger partial charge < -0.3 is 29.9 Å². The van der Waals surface area contributed by atoms with Crippen molar-refractivity contribution >= 4 is 286 Å². The molecule has 2 saturated carbocycles. The Hall–Kier alpha value is -8.66. The van der Waals surface area contributed by atoms with E-state index in [0.717, 1.165) is 132 Å². The quantitative estimate of drug-likeness (QED) is 0.0248. The van der Waals surface area contributed by atoms with Crippen molar-refractivity contribution in [2.45, 2.75) is 148 Å². The summed E-state index contributed by atoms with van der Waals surface area (Å²) in [5.41, 5.74) is 16.5. The van der Waals surface area contributed by atoms with Crippen molar-refractivity contribution in [1.82, 2.24) is 64.5 Å². The van der Waals surface area contributed by atoms with Crippen LogP contribution in [0.3, 0.4) is 0 Å². The molecule has 46 heteroatoms. The number of fused-ring (bicyclic) bond motifs is 6. The molecule has 2 fully saturated rings. The number of nitrogens with zero attached hydrogens (tertiary/aromatic N) is 6. The summed E-state index contributed by atoms with van der Waals surface area (Å²) < 4.78 is 191. The van der Waals surface area contributed by atoms with Gasteiger partial charge in [-0.25, -0.2) is 98.3 Å². The van der Waals surface area contributed by atoms with Gasteiger partial charge in [0.25, 0.3) is 0 Å². The number of aryl methyl sites for hydroxylation is 3. The average molecular weight is 2590 g/mol. The Morgan fingerprint density at radius 3 is 1.01 bits per heavy atom. The van der Waals surface area contributed by atoms with Crippen LogP contribution in [0, 0.1) is 44.1 Å².